The highest BCUT2D eigenvalue weighted by Crippen LogP contribution is 2.49. The van der Waals surface area contributed by atoms with Gasteiger partial charge in [0.1, 0.15) is 0 Å². The monoisotopic (exact) mass is 557 g/mol. The minimum Gasteiger partial charge on any atom is -0.320 e. The number of amides is 2. The van der Waals surface area contributed by atoms with Crippen molar-refractivity contribution in [2.75, 3.05) is 10.2 Å². The second kappa shape index (κ2) is 10.9. The third-order valence-electron chi connectivity index (χ3n) is 7.15. The van der Waals surface area contributed by atoms with Crippen LogP contribution in [0.3, 0.4) is 0 Å². The molecule has 1 N–H and O–H groups in total. The van der Waals surface area contributed by atoms with Crippen LogP contribution < -0.4 is 10.2 Å². The van der Waals surface area contributed by atoms with Crippen molar-refractivity contribution < 1.29 is 19.4 Å². The van der Waals surface area contributed by atoms with Gasteiger partial charge in [-0.2, -0.15) is 0 Å². The summed E-state index contributed by atoms with van der Waals surface area (Å²) in [6, 6.07) is 33.7. The molecule has 210 valence electrons. The quantitative estimate of drug-likeness (QED) is 0.172. The minimum atomic E-state index is -1.73. The van der Waals surface area contributed by atoms with Crippen molar-refractivity contribution in [2.45, 2.75) is 38.5 Å². The first-order valence-corrected chi connectivity index (χ1v) is 13.8. The lowest BCUT2D eigenvalue weighted by atomic mass is 9.84. The summed E-state index contributed by atoms with van der Waals surface area (Å²) in [5.41, 5.74) is 1.69. The molecule has 4 aromatic carbocycles. The summed E-state index contributed by atoms with van der Waals surface area (Å²) >= 11 is 0. The third kappa shape index (κ3) is 4.93. The van der Waals surface area contributed by atoms with E-state index in [9.17, 15) is 9.59 Å². The Labute approximate surface area is 244 Å². The molecule has 1 aromatic heterocycles. The average Bonchev–Trinajstić information content (AvgIpc) is 3.24. The van der Waals surface area contributed by atoms with E-state index in [1.807, 2.05) is 106 Å². The molecular formula is C35H31N3O4. The molecule has 1 aliphatic rings. The normalized spacial score (nSPS) is 16.5. The van der Waals surface area contributed by atoms with Gasteiger partial charge in [-0.1, -0.05) is 84.9 Å². The summed E-state index contributed by atoms with van der Waals surface area (Å²) in [6.45, 7) is 5.87. The standard InChI is InChI=1S/C35H31N3O4/c1-34(2,3)41-42-35(28-19-9-10-21-30(28)38(33(35)40)23-24-13-5-4-6-14-24)27-18-8-7-17-26(27)32(39)37-29-20-11-15-25-16-12-22-36-31(25)29/h4-22H,23H2,1-3H3,(H,37,39). The fourth-order valence-electron chi connectivity index (χ4n) is 5.30. The van der Waals surface area contributed by atoms with Gasteiger partial charge < -0.3 is 10.2 Å². The van der Waals surface area contributed by atoms with E-state index in [2.05, 4.69) is 10.3 Å². The number of pyridine rings is 1. The second-order valence-corrected chi connectivity index (χ2v) is 11.2. The van der Waals surface area contributed by atoms with E-state index < -0.39 is 17.1 Å². The maximum atomic E-state index is 14.7. The Balaban J connectivity index is 1.49. The molecule has 0 fully saturated rings. The molecule has 0 saturated heterocycles. The third-order valence-corrected chi connectivity index (χ3v) is 7.15. The highest BCUT2D eigenvalue weighted by molar-refractivity contribution is 6.14. The highest BCUT2D eigenvalue weighted by atomic mass is 17.2. The molecule has 0 bridgehead atoms. The number of para-hydroxylation sites is 2. The van der Waals surface area contributed by atoms with Crippen LogP contribution in [0.1, 0.15) is 47.8 Å². The molecular weight excluding hydrogens is 526 g/mol. The van der Waals surface area contributed by atoms with Gasteiger partial charge in [-0.15, -0.1) is 0 Å². The molecule has 2 amide bonds. The lowest BCUT2D eigenvalue weighted by molar-refractivity contribution is -0.388. The molecule has 6 rings (SSSR count). The van der Waals surface area contributed by atoms with Crippen molar-refractivity contribution in [3.05, 3.63) is 138 Å². The van der Waals surface area contributed by atoms with Gasteiger partial charge in [-0.3, -0.25) is 14.6 Å². The van der Waals surface area contributed by atoms with Crippen LogP contribution in [0.4, 0.5) is 11.4 Å². The fourth-order valence-corrected chi connectivity index (χ4v) is 5.30. The van der Waals surface area contributed by atoms with Gasteiger partial charge in [0.25, 0.3) is 11.8 Å². The first-order chi connectivity index (χ1) is 20.3. The average molecular weight is 558 g/mol. The van der Waals surface area contributed by atoms with Crippen LogP contribution in [0.15, 0.2) is 115 Å². The lowest BCUT2D eigenvalue weighted by Gasteiger charge is -2.32. The lowest BCUT2D eigenvalue weighted by Crippen LogP contribution is -2.45. The zero-order valence-corrected chi connectivity index (χ0v) is 23.7. The van der Waals surface area contributed by atoms with Crippen molar-refractivity contribution in [2.24, 2.45) is 0 Å². The molecule has 1 unspecified atom stereocenters. The van der Waals surface area contributed by atoms with Crippen molar-refractivity contribution in [1.82, 2.24) is 4.98 Å². The van der Waals surface area contributed by atoms with E-state index in [-0.39, 0.29) is 11.5 Å². The first-order valence-electron chi connectivity index (χ1n) is 13.8. The van der Waals surface area contributed by atoms with Crippen molar-refractivity contribution in [1.29, 1.82) is 0 Å². The number of carbonyl (C=O) groups is 2. The number of benzene rings is 4. The van der Waals surface area contributed by atoms with E-state index in [0.717, 1.165) is 10.9 Å². The van der Waals surface area contributed by atoms with E-state index in [1.54, 1.807) is 35.4 Å². The summed E-state index contributed by atoms with van der Waals surface area (Å²) in [5, 5.41) is 3.92. The number of anilines is 2. The number of carbonyl (C=O) groups excluding carboxylic acids is 2. The van der Waals surface area contributed by atoms with Crippen LogP contribution in [0.25, 0.3) is 10.9 Å². The topological polar surface area (TPSA) is 80.8 Å². The fraction of sp³-hybridized carbons (Fsp3) is 0.171. The molecule has 7 heteroatoms. The zero-order valence-electron chi connectivity index (χ0n) is 23.7. The van der Waals surface area contributed by atoms with Crippen LogP contribution in [0, 0.1) is 0 Å². The predicted octanol–water partition coefficient (Wildman–Crippen LogP) is 7.02. The molecule has 1 aliphatic heterocycles. The van der Waals surface area contributed by atoms with Crippen LogP contribution in [0.2, 0.25) is 0 Å². The molecule has 0 saturated carbocycles. The number of hydrogen-bond acceptors (Lipinski definition) is 5. The molecule has 5 aromatic rings. The van der Waals surface area contributed by atoms with Gasteiger partial charge >= 0.3 is 0 Å². The van der Waals surface area contributed by atoms with Crippen LogP contribution in [0.5, 0.6) is 0 Å². The zero-order chi connectivity index (χ0) is 29.3. The van der Waals surface area contributed by atoms with Gasteiger partial charge in [0.2, 0.25) is 5.60 Å². The Hall–Kier alpha value is -4.85. The predicted molar refractivity (Wildman–Crippen MR) is 163 cm³/mol. The number of hydrogen-bond donors (Lipinski definition) is 1. The summed E-state index contributed by atoms with van der Waals surface area (Å²) in [7, 11) is 0. The number of aromatic nitrogens is 1. The van der Waals surface area contributed by atoms with Crippen molar-refractivity contribution in [3.8, 4) is 0 Å². The number of nitrogens with one attached hydrogen (secondary N) is 1. The molecule has 0 radical (unpaired) electrons. The van der Waals surface area contributed by atoms with Gasteiger partial charge in [0.05, 0.1) is 29.0 Å². The van der Waals surface area contributed by atoms with Crippen molar-refractivity contribution in [3.63, 3.8) is 0 Å². The van der Waals surface area contributed by atoms with Crippen LogP contribution in [-0.4, -0.2) is 22.4 Å². The Morgan fingerprint density at radius 1 is 0.833 bits per heavy atom. The summed E-state index contributed by atoms with van der Waals surface area (Å²) in [6.07, 6.45) is 1.69. The maximum Gasteiger partial charge on any atom is 0.272 e. The van der Waals surface area contributed by atoms with Crippen LogP contribution >= 0.6 is 0 Å². The van der Waals surface area contributed by atoms with E-state index in [1.165, 1.54) is 0 Å². The van der Waals surface area contributed by atoms with E-state index in [0.29, 0.717) is 34.6 Å². The first kappa shape index (κ1) is 27.3. The summed E-state index contributed by atoms with van der Waals surface area (Å²) in [5.74, 6) is -0.738. The smallest absolute Gasteiger partial charge is 0.272 e. The SMILES string of the molecule is CC(C)(C)OOC1(c2ccccc2C(=O)Nc2cccc3cccnc23)C(=O)N(Cc2ccccc2)c2ccccc21. The van der Waals surface area contributed by atoms with Gasteiger partial charge in [0, 0.05) is 28.3 Å². The molecule has 0 aliphatic carbocycles. The van der Waals surface area contributed by atoms with Gasteiger partial charge in [-0.05, 0) is 50.6 Å². The minimum absolute atomic E-state index is 0.285. The molecule has 42 heavy (non-hydrogen) atoms. The van der Waals surface area contributed by atoms with E-state index in [4.69, 9.17) is 9.78 Å². The Kier molecular flexibility index (Phi) is 7.06. The molecule has 1 atom stereocenters. The summed E-state index contributed by atoms with van der Waals surface area (Å²) < 4.78 is 0. The Morgan fingerprint density at radius 2 is 1.52 bits per heavy atom. The van der Waals surface area contributed by atoms with Crippen LogP contribution in [-0.2, 0) is 26.7 Å². The highest BCUT2D eigenvalue weighted by Gasteiger charge is 2.56. The number of fused-ring (bicyclic) bond motifs is 2. The largest absolute Gasteiger partial charge is 0.320 e. The Bertz CT molecular complexity index is 1780. The molecule has 0 spiro atoms. The van der Waals surface area contributed by atoms with Gasteiger partial charge in [0.15, 0.2) is 0 Å². The number of nitrogens with zero attached hydrogens (tertiary/aromatic N) is 2. The summed E-state index contributed by atoms with van der Waals surface area (Å²) in [4.78, 5) is 47.1. The maximum absolute atomic E-state index is 14.7. The second-order valence-electron chi connectivity index (χ2n) is 11.2. The number of rotatable bonds is 7. The molecule has 7 nitrogen and oxygen atoms in total. The molecule has 2 heterocycles. The van der Waals surface area contributed by atoms with Gasteiger partial charge in [-0.25, -0.2) is 9.78 Å². The van der Waals surface area contributed by atoms with Crippen molar-refractivity contribution >= 4 is 34.1 Å². The Morgan fingerprint density at radius 3 is 2.31 bits per heavy atom. The van der Waals surface area contributed by atoms with E-state index >= 15 is 0 Å².